The summed E-state index contributed by atoms with van der Waals surface area (Å²) >= 11 is 0. The van der Waals surface area contributed by atoms with Crippen molar-refractivity contribution in [3.8, 4) is 5.75 Å². The molecule has 2 bridgehead atoms. The van der Waals surface area contributed by atoms with Gasteiger partial charge in [-0.2, -0.15) is 0 Å². The number of aromatic hydroxyl groups is 1. The van der Waals surface area contributed by atoms with Crippen LogP contribution in [0.15, 0.2) is 24.3 Å². The predicted octanol–water partition coefficient (Wildman–Crippen LogP) is -0.131. The van der Waals surface area contributed by atoms with Crippen molar-refractivity contribution in [1.29, 1.82) is 0 Å². The van der Waals surface area contributed by atoms with E-state index in [1.807, 2.05) is 0 Å². The first-order valence-corrected chi connectivity index (χ1v) is 7.04. The van der Waals surface area contributed by atoms with Gasteiger partial charge >= 0.3 is 0 Å². The van der Waals surface area contributed by atoms with E-state index in [0.717, 1.165) is 4.90 Å². The van der Waals surface area contributed by atoms with Crippen molar-refractivity contribution in [2.75, 3.05) is 4.90 Å². The van der Waals surface area contributed by atoms with E-state index < -0.39 is 24.0 Å². The minimum absolute atomic E-state index is 0.132. The monoisotopic (exact) mass is 289 g/mol. The number of rotatable bonds is 1. The van der Waals surface area contributed by atoms with E-state index in [1.165, 1.54) is 12.1 Å². The van der Waals surface area contributed by atoms with E-state index in [9.17, 15) is 24.9 Å². The average molecular weight is 289 g/mol. The van der Waals surface area contributed by atoms with Crippen molar-refractivity contribution in [2.45, 2.75) is 18.6 Å². The number of hydrogen-bond acceptors (Lipinski definition) is 5. The third kappa shape index (κ3) is 1.43. The molecule has 3 fully saturated rings. The Hall–Kier alpha value is -1.92. The van der Waals surface area contributed by atoms with Crippen LogP contribution in [0, 0.1) is 23.7 Å². The van der Waals surface area contributed by atoms with E-state index >= 15 is 0 Å². The van der Waals surface area contributed by atoms with Gasteiger partial charge in [-0.3, -0.25) is 9.59 Å². The van der Waals surface area contributed by atoms with Crippen molar-refractivity contribution in [2.24, 2.45) is 23.7 Å². The SMILES string of the molecule is O=C1[C@@H]2[C@@H]3C[C@@H]([C@@H](O)[C@H]3O)[C@H]2C(=O)N1c1ccccc1O. The van der Waals surface area contributed by atoms with E-state index in [2.05, 4.69) is 0 Å². The van der Waals surface area contributed by atoms with Gasteiger partial charge in [0.05, 0.1) is 29.7 Å². The summed E-state index contributed by atoms with van der Waals surface area (Å²) in [7, 11) is 0. The number of nitrogens with zero attached hydrogens (tertiary/aromatic N) is 1. The summed E-state index contributed by atoms with van der Waals surface area (Å²) in [5, 5.41) is 29.8. The van der Waals surface area contributed by atoms with Gasteiger partial charge in [0, 0.05) is 11.8 Å². The maximum absolute atomic E-state index is 12.6. The van der Waals surface area contributed by atoms with Gasteiger partial charge in [-0.1, -0.05) is 12.1 Å². The Morgan fingerprint density at radius 1 is 0.952 bits per heavy atom. The molecule has 0 radical (unpaired) electrons. The molecule has 1 saturated heterocycles. The normalized spacial score (nSPS) is 41.0. The molecule has 1 aliphatic heterocycles. The molecule has 3 aliphatic rings. The summed E-state index contributed by atoms with van der Waals surface area (Å²) in [6.45, 7) is 0. The number of fused-ring (bicyclic) bond motifs is 5. The number of imide groups is 1. The topological polar surface area (TPSA) is 98.1 Å². The lowest BCUT2D eigenvalue weighted by Crippen LogP contribution is -2.43. The summed E-state index contributed by atoms with van der Waals surface area (Å²) in [6.07, 6.45) is -1.39. The van der Waals surface area contributed by atoms with Gasteiger partial charge < -0.3 is 15.3 Å². The lowest BCUT2D eigenvalue weighted by molar-refractivity contribution is -0.129. The molecular formula is C15H15NO5. The van der Waals surface area contributed by atoms with Crippen molar-refractivity contribution in [3.63, 3.8) is 0 Å². The molecule has 2 saturated carbocycles. The number of anilines is 1. The summed E-state index contributed by atoms with van der Waals surface area (Å²) in [4.78, 5) is 26.2. The van der Waals surface area contributed by atoms with Gasteiger partial charge in [0.25, 0.3) is 0 Å². The second kappa shape index (κ2) is 4.05. The molecule has 2 amide bonds. The Balaban J connectivity index is 1.77. The number of carbonyl (C=O) groups excluding carboxylic acids is 2. The smallest absolute Gasteiger partial charge is 0.238 e. The van der Waals surface area contributed by atoms with Crippen LogP contribution < -0.4 is 4.90 Å². The fourth-order valence-corrected chi connectivity index (χ4v) is 4.32. The van der Waals surface area contributed by atoms with Crippen LogP contribution >= 0.6 is 0 Å². The number of aliphatic hydroxyl groups is 2. The Bertz CT molecular complexity index is 613. The van der Waals surface area contributed by atoms with Crippen LogP contribution in [0.25, 0.3) is 0 Å². The minimum atomic E-state index is -0.947. The molecule has 6 heteroatoms. The van der Waals surface area contributed by atoms with Crippen molar-refractivity contribution >= 4 is 17.5 Å². The Labute approximate surface area is 120 Å². The van der Waals surface area contributed by atoms with E-state index in [4.69, 9.17) is 0 Å². The number of hydrogen-bond donors (Lipinski definition) is 3. The van der Waals surface area contributed by atoms with Crippen molar-refractivity contribution in [1.82, 2.24) is 0 Å². The number of carbonyl (C=O) groups is 2. The van der Waals surface area contributed by atoms with Gasteiger partial charge in [-0.05, 0) is 18.6 Å². The summed E-state index contributed by atoms with van der Waals surface area (Å²) < 4.78 is 0. The highest BCUT2D eigenvalue weighted by Gasteiger charge is 2.67. The number of phenols is 1. The molecule has 1 aromatic carbocycles. The maximum atomic E-state index is 12.6. The first-order valence-electron chi connectivity index (χ1n) is 7.04. The van der Waals surface area contributed by atoms with Crippen molar-refractivity contribution < 1.29 is 24.9 Å². The number of phenolic OH excluding ortho intramolecular Hbond substituents is 1. The Kier molecular flexibility index (Phi) is 2.47. The molecule has 0 spiro atoms. The van der Waals surface area contributed by atoms with Crippen LogP contribution in [-0.4, -0.2) is 39.3 Å². The second-order valence-corrected chi connectivity index (χ2v) is 6.10. The third-order valence-electron chi connectivity index (χ3n) is 5.21. The highest BCUT2D eigenvalue weighted by molar-refractivity contribution is 6.23. The summed E-state index contributed by atoms with van der Waals surface area (Å²) in [5.41, 5.74) is 0.172. The maximum Gasteiger partial charge on any atom is 0.238 e. The van der Waals surface area contributed by atoms with Gasteiger partial charge in [0.15, 0.2) is 0 Å². The third-order valence-corrected chi connectivity index (χ3v) is 5.21. The zero-order valence-electron chi connectivity index (χ0n) is 11.1. The van der Waals surface area contributed by atoms with Crippen LogP contribution in [0.2, 0.25) is 0 Å². The number of aliphatic hydroxyl groups excluding tert-OH is 2. The quantitative estimate of drug-likeness (QED) is 0.626. The average Bonchev–Trinajstić information content (AvgIpc) is 3.06. The molecule has 21 heavy (non-hydrogen) atoms. The van der Waals surface area contributed by atoms with Gasteiger partial charge in [0.1, 0.15) is 5.75 Å². The number of benzene rings is 1. The summed E-state index contributed by atoms with van der Waals surface area (Å²) in [6, 6.07) is 6.19. The van der Waals surface area contributed by atoms with Gasteiger partial charge in [-0.25, -0.2) is 4.90 Å². The minimum Gasteiger partial charge on any atom is -0.506 e. The molecule has 3 N–H and O–H groups in total. The molecule has 1 aromatic rings. The lowest BCUT2D eigenvalue weighted by Gasteiger charge is -2.29. The van der Waals surface area contributed by atoms with Gasteiger partial charge in [-0.15, -0.1) is 0 Å². The lowest BCUT2D eigenvalue weighted by atomic mass is 9.78. The summed E-state index contributed by atoms with van der Waals surface area (Å²) in [5.74, 6) is -2.81. The van der Waals surface area contributed by atoms with Crippen molar-refractivity contribution in [3.05, 3.63) is 24.3 Å². The first kappa shape index (κ1) is 12.8. The number of para-hydroxylation sites is 2. The second-order valence-electron chi connectivity index (χ2n) is 6.10. The number of amides is 2. The molecular weight excluding hydrogens is 274 g/mol. The van der Waals surface area contributed by atoms with Gasteiger partial charge in [0.2, 0.25) is 11.8 Å². The van der Waals surface area contributed by atoms with E-state index in [0.29, 0.717) is 6.42 Å². The Morgan fingerprint density at radius 2 is 1.48 bits per heavy atom. The van der Waals surface area contributed by atoms with E-state index in [1.54, 1.807) is 12.1 Å². The zero-order chi connectivity index (χ0) is 14.9. The van der Waals surface area contributed by atoms with Crippen LogP contribution in [0.1, 0.15) is 6.42 Å². The fraction of sp³-hybridized carbons (Fsp3) is 0.467. The largest absolute Gasteiger partial charge is 0.506 e. The van der Waals surface area contributed by atoms with Crippen LogP contribution in [-0.2, 0) is 9.59 Å². The zero-order valence-corrected chi connectivity index (χ0v) is 11.1. The molecule has 0 unspecified atom stereocenters. The molecule has 4 rings (SSSR count). The molecule has 2 aliphatic carbocycles. The predicted molar refractivity (Wildman–Crippen MR) is 71.2 cm³/mol. The van der Waals surface area contributed by atoms with Crippen LogP contribution in [0.4, 0.5) is 5.69 Å². The molecule has 110 valence electrons. The molecule has 6 nitrogen and oxygen atoms in total. The highest BCUT2D eigenvalue weighted by Crippen LogP contribution is 2.57. The molecule has 1 heterocycles. The van der Waals surface area contributed by atoms with Crippen LogP contribution in [0.3, 0.4) is 0 Å². The molecule has 0 aromatic heterocycles. The first-order chi connectivity index (χ1) is 10.0. The molecule has 6 atom stereocenters. The van der Waals surface area contributed by atoms with Crippen LogP contribution in [0.5, 0.6) is 5.75 Å². The fourth-order valence-electron chi connectivity index (χ4n) is 4.32. The Morgan fingerprint density at radius 3 is 2.00 bits per heavy atom. The van der Waals surface area contributed by atoms with E-state index in [-0.39, 0.29) is 35.1 Å². The standard InChI is InChI=1S/C15H15NO5/c17-9-4-2-1-3-8(9)16-14(20)10-6-5-7(11(10)15(16)21)13(19)12(6)18/h1-4,6-7,10-13,17-19H,5H2/t6-,7+,10-,11-,12-,13+/m1/s1. The highest BCUT2D eigenvalue weighted by atomic mass is 16.3.